The van der Waals surface area contributed by atoms with E-state index in [0.29, 0.717) is 17.0 Å². The molecule has 3 heterocycles. The van der Waals surface area contributed by atoms with Gasteiger partial charge in [0.2, 0.25) is 0 Å². The second-order valence-electron chi connectivity index (χ2n) is 8.09. The van der Waals surface area contributed by atoms with Crippen molar-refractivity contribution in [3.63, 3.8) is 0 Å². The van der Waals surface area contributed by atoms with Gasteiger partial charge in [-0.1, -0.05) is 54.2 Å². The number of hydrogen-bond acceptors (Lipinski definition) is 7. The molecule has 0 bridgehead atoms. The van der Waals surface area contributed by atoms with Gasteiger partial charge in [-0.3, -0.25) is 4.79 Å². The van der Waals surface area contributed by atoms with Crippen LogP contribution in [-0.4, -0.2) is 40.8 Å². The number of fused-ring (bicyclic) bond motifs is 1. The van der Waals surface area contributed by atoms with Crippen molar-refractivity contribution in [3.05, 3.63) is 95.5 Å². The highest BCUT2D eigenvalue weighted by Gasteiger charge is 2.39. The second-order valence-corrected chi connectivity index (χ2v) is 9.16. The first kappa shape index (κ1) is 23.0. The molecule has 2 aliphatic rings. The van der Waals surface area contributed by atoms with Crippen molar-refractivity contribution in [2.24, 2.45) is 4.99 Å². The van der Waals surface area contributed by atoms with Gasteiger partial charge in [0.1, 0.15) is 0 Å². The number of benzene rings is 2. The molecule has 1 atom stereocenters. The maximum Gasteiger partial charge on any atom is 0.338 e. The lowest BCUT2D eigenvalue weighted by atomic mass is 9.91. The van der Waals surface area contributed by atoms with Crippen molar-refractivity contribution < 1.29 is 18.7 Å². The number of nitrogens with zero attached hydrogens (tertiary/aromatic N) is 2. The molecule has 2 aromatic carbocycles. The number of furan rings is 1. The quantitative estimate of drug-likeness (QED) is 0.472. The summed E-state index contributed by atoms with van der Waals surface area (Å²) in [5.41, 5.74) is 3.60. The summed E-state index contributed by atoms with van der Waals surface area (Å²) < 4.78 is 10.7. The van der Waals surface area contributed by atoms with Crippen LogP contribution in [0.4, 0.5) is 5.69 Å². The Hall–Kier alpha value is -3.78. The average molecular weight is 488 g/mol. The molecule has 1 unspecified atom stereocenters. The third kappa shape index (κ3) is 4.74. The summed E-state index contributed by atoms with van der Waals surface area (Å²) in [5, 5.41) is 3.75. The highest BCUT2D eigenvalue weighted by molar-refractivity contribution is 8.13. The van der Waals surface area contributed by atoms with Crippen molar-refractivity contribution in [2.45, 2.75) is 19.4 Å². The summed E-state index contributed by atoms with van der Waals surface area (Å²) in [5.74, 6) is 0.537. The smallest absolute Gasteiger partial charge is 0.338 e. The van der Waals surface area contributed by atoms with Crippen molar-refractivity contribution in [1.29, 1.82) is 0 Å². The molecule has 1 aromatic heterocycles. The van der Waals surface area contributed by atoms with Gasteiger partial charge in [0, 0.05) is 23.5 Å². The van der Waals surface area contributed by atoms with Gasteiger partial charge >= 0.3 is 5.97 Å². The van der Waals surface area contributed by atoms with Crippen molar-refractivity contribution >= 4 is 40.2 Å². The third-order valence-electron chi connectivity index (χ3n) is 5.84. The van der Waals surface area contributed by atoms with Crippen LogP contribution < -0.4 is 5.32 Å². The lowest BCUT2D eigenvalue weighted by Crippen LogP contribution is -2.42. The van der Waals surface area contributed by atoms with Crippen LogP contribution in [0.5, 0.6) is 0 Å². The number of anilines is 1. The Morgan fingerprint density at radius 1 is 1.11 bits per heavy atom. The van der Waals surface area contributed by atoms with Gasteiger partial charge in [-0.2, -0.15) is 0 Å². The van der Waals surface area contributed by atoms with Gasteiger partial charge in [0.25, 0.3) is 5.91 Å². The van der Waals surface area contributed by atoms with Crippen LogP contribution in [0.15, 0.2) is 88.0 Å². The molecule has 0 saturated carbocycles. The molecule has 35 heavy (non-hydrogen) atoms. The van der Waals surface area contributed by atoms with E-state index in [1.54, 1.807) is 30.8 Å². The maximum atomic E-state index is 13.3. The molecule has 0 aliphatic carbocycles. The summed E-state index contributed by atoms with van der Waals surface area (Å²) in [6.07, 6.45) is 2.46. The molecular weight excluding hydrogens is 462 g/mol. The van der Waals surface area contributed by atoms with E-state index in [9.17, 15) is 9.59 Å². The molecule has 5 rings (SSSR count). The minimum absolute atomic E-state index is 0.243. The van der Waals surface area contributed by atoms with E-state index in [4.69, 9.17) is 14.1 Å². The highest BCUT2D eigenvalue weighted by atomic mass is 32.2. The van der Waals surface area contributed by atoms with E-state index in [-0.39, 0.29) is 30.3 Å². The van der Waals surface area contributed by atoms with Crippen molar-refractivity contribution in [2.75, 3.05) is 24.2 Å². The number of carbonyl (C=O) groups is 2. The molecule has 8 heteroatoms. The molecule has 0 radical (unpaired) electrons. The summed E-state index contributed by atoms with van der Waals surface area (Å²) in [6.45, 7) is 2.87. The average Bonchev–Trinajstić information content (AvgIpc) is 3.44. The standard InChI is InChI=1S/C27H25N3O4S/c1-2-33-26(32)22-23(18-8-4-3-5-9-18)29-27-30(15-7-17-35-27)24(22)19-11-13-20(14-12-19)28-25(31)21-10-6-16-34-21/h3-6,8-14,16,24H,2,7,15,17H2,1H3,(H,28,31). The number of esters is 1. The third-order valence-corrected chi connectivity index (χ3v) is 6.92. The van der Waals surface area contributed by atoms with E-state index < -0.39 is 0 Å². The minimum Gasteiger partial charge on any atom is -0.463 e. The molecule has 178 valence electrons. The predicted octanol–water partition coefficient (Wildman–Crippen LogP) is 5.36. The Bertz CT molecular complexity index is 1270. The zero-order valence-corrected chi connectivity index (χ0v) is 20.1. The Morgan fingerprint density at radius 2 is 1.91 bits per heavy atom. The number of amidine groups is 1. The number of thioether (sulfide) groups is 1. The molecule has 7 nitrogen and oxygen atoms in total. The topological polar surface area (TPSA) is 84.1 Å². The number of amides is 1. The highest BCUT2D eigenvalue weighted by Crippen LogP contribution is 2.43. The Kier molecular flexibility index (Phi) is 6.72. The molecular formula is C27H25N3O4S. The monoisotopic (exact) mass is 487 g/mol. The molecule has 3 aromatic rings. The second kappa shape index (κ2) is 10.2. The Balaban J connectivity index is 1.55. The van der Waals surface area contributed by atoms with Crippen LogP contribution in [0.1, 0.15) is 41.1 Å². The van der Waals surface area contributed by atoms with E-state index in [2.05, 4.69) is 10.2 Å². The molecule has 1 N–H and O–H groups in total. The first-order chi connectivity index (χ1) is 17.2. The van der Waals surface area contributed by atoms with E-state index >= 15 is 0 Å². The first-order valence-corrected chi connectivity index (χ1v) is 12.5. The summed E-state index contributed by atoms with van der Waals surface area (Å²) in [6, 6.07) is 20.2. The Morgan fingerprint density at radius 3 is 2.63 bits per heavy atom. The van der Waals surface area contributed by atoms with Crippen LogP contribution in [-0.2, 0) is 9.53 Å². The fourth-order valence-corrected chi connectivity index (χ4v) is 5.26. The summed E-state index contributed by atoms with van der Waals surface area (Å²) in [4.78, 5) is 32.8. The van der Waals surface area contributed by atoms with E-state index in [1.165, 1.54) is 6.26 Å². The fraction of sp³-hybridized carbons (Fsp3) is 0.222. The zero-order valence-electron chi connectivity index (χ0n) is 19.3. The normalized spacial score (nSPS) is 17.5. The molecule has 1 amide bonds. The predicted molar refractivity (Wildman–Crippen MR) is 137 cm³/mol. The maximum absolute atomic E-state index is 13.3. The number of rotatable bonds is 6. The van der Waals surface area contributed by atoms with Crippen LogP contribution in [0.3, 0.4) is 0 Å². The number of nitrogens with one attached hydrogen (secondary N) is 1. The van der Waals surface area contributed by atoms with Gasteiger partial charge in [0.05, 0.1) is 30.2 Å². The molecule has 2 aliphatic heterocycles. The zero-order chi connectivity index (χ0) is 24.2. The summed E-state index contributed by atoms with van der Waals surface area (Å²) >= 11 is 1.70. The van der Waals surface area contributed by atoms with Crippen molar-refractivity contribution in [3.8, 4) is 0 Å². The first-order valence-electron chi connectivity index (χ1n) is 11.6. The molecule has 0 spiro atoms. The lowest BCUT2D eigenvalue weighted by Gasteiger charge is -2.41. The molecule has 1 saturated heterocycles. The van der Waals surface area contributed by atoms with Crippen molar-refractivity contribution in [1.82, 2.24) is 4.90 Å². The van der Waals surface area contributed by atoms with E-state index in [1.807, 2.05) is 54.6 Å². The minimum atomic E-state index is -0.370. The summed E-state index contributed by atoms with van der Waals surface area (Å²) in [7, 11) is 0. The van der Waals surface area contributed by atoms with E-state index in [0.717, 1.165) is 35.0 Å². The fourth-order valence-electron chi connectivity index (χ4n) is 4.28. The Labute approximate surface area is 207 Å². The van der Waals surface area contributed by atoms with Gasteiger partial charge in [-0.05, 0) is 43.2 Å². The van der Waals surface area contributed by atoms with Gasteiger partial charge in [-0.25, -0.2) is 9.79 Å². The SMILES string of the molecule is CCOC(=O)C1=C(c2ccccc2)N=C2SCCCN2C1c1ccc(NC(=O)c2ccco2)cc1. The number of hydrogen-bond donors (Lipinski definition) is 1. The van der Waals surface area contributed by atoms with Gasteiger partial charge < -0.3 is 19.4 Å². The van der Waals surface area contributed by atoms with Crippen LogP contribution in [0.25, 0.3) is 5.70 Å². The number of ether oxygens (including phenoxy) is 1. The lowest BCUT2D eigenvalue weighted by molar-refractivity contribution is -0.139. The van der Waals surface area contributed by atoms with Crippen LogP contribution >= 0.6 is 11.8 Å². The number of aliphatic imine (C=N–C) groups is 1. The largest absolute Gasteiger partial charge is 0.463 e. The van der Waals surface area contributed by atoms with Gasteiger partial charge in [0.15, 0.2) is 10.9 Å². The van der Waals surface area contributed by atoms with Crippen LogP contribution in [0, 0.1) is 0 Å². The molecule has 1 fully saturated rings. The van der Waals surface area contributed by atoms with Gasteiger partial charge in [-0.15, -0.1) is 0 Å². The number of carbonyl (C=O) groups excluding carboxylic acids is 2. The van der Waals surface area contributed by atoms with Crippen LogP contribution in [0.2, 0.25) is 0 Å².